The van der Waals surface area contributed by atoms with Crippen LogP contribution in [0.15, 0.2) is 72.4 Å². The van der Waals surface area contributed by atoms with Crippen molar-refractivity contribution in [2.75, 3.05) is 7.05 Å². The summed E-state index contributed by atoms with van der Waals surface area (Å²) in [4.78, 5) is 0. The monoisotopic (exact) mass is 366 g/mol. The van der Waals surface area contributed by atoms with E-state index in [4.69, 9.17) is 12.8 Å². The Kier molecular flexibility index (Phi) is 7.22. The van der Waals surface area contributed by atoms with E-state index in [9.17, 15) is 0 Å². The van der Waals surface area contributed by atoms with Crippen LogP contribution >= 0.6 is 0 Å². The lowest BCUT2D eigenvalue weighted by molar-refractivity contribution is 0.120. The molecule has 3 rings (SSSR count). The molecule has 2 heteroatoms. The second-order valence-corrected chi connectivity index (χ2v) is 8.30. The van der Waals surface area contributed by atoms with Gasteiger partial charge in [-0.25, -0.2) is 0 Å². The van der Waals surface area contributed by atoms with Crippen LogP contribution in [0.4, 0.5) is 0 Å². The van der Waals surface area contributed by atoms with Gasteiger partial charge in [-0.05, 0) is 37.8 Å². The summed E-state index contributed by atoms with van der Waals surface area (Å²) < 4.78 is 2.13. The fraction of sp³-hybridized carbons (Fsp3) is 0.500. The molecular weight excluding hydrogens is 334 g/mol. The molecule has 0 saturated heterocycles. The van der Waals surface area contributed by atoms with E-state index in [2.05, 4.69) is 78.2 Å². The highest BCUT2D eigenvalue weighted by molar-refractivity contribution is 7.56. The first-order chi connectivity index (χ1) is 12.8. The Morgan fingerprint density at radius 1 is 0.846 bits per heavy atom. The minimum Gasteiger partial charge on any atom is -0.701 e. The molecule has 26 heavy (non-hydrogen) atoms. The van der Waals surface area contributed by atoms with Crippen LogP contribution in [-0.2, 0) is 12.8 Å². The van der Waals surface area contributed by atoms with Crippen molar-refractivity contribution in [1.82, 2.24) is 4.31 Å². The SMILES string of the molecule is CN([S-])C(C1=CC=CC=CC1)(C1C=CC=CC=C1)C1CCCCCCC1. The molecule has 0 spiro atoms. The molecule has 0 radical (unpaired) electrons. The molecule has 0 heterocycles. The first-order valence-electron chi connectivity index (χ1n) is 10.2. The predicted octanol–water partition coefficient (Wildman–Crippen LogP) is 6.22. The smallest absolute Gasteiger partial charge is 0.0342 e. The van der Waals surface area contributed by atoms with Crippen molar-refractivity contribution in [3.8, 4) is 0 Å². The van der Waals surface area contributed by atoms with E-state index in [1.54, 1.807) is 0 Å². The Balaban J connectivity index is 2.09. The van der Waals surface area contributed by atoms with E-state index < -0.39 is 0 Å². The lowest BCUT2D eigenvalue weighted by Gasteiger charge is -2.57. The molecule has 3 aliphatic carbocycles. The molecule has 0 aliphatic heterocycles. The zero-order valence-corrected chi connectivity index (χ0v) is 16.8. The molecule has 0 aromatic carbocycles. The summed E-state index contributed by atoms with van der Waals surface area (Å²) >= 11 is 5.98. The van der Waals surface area contributed by atoms with Crippen LogP contribution in [0.1, 0.15) is 51.4 Å². The molecular formula is C24H32NS-. The zero-order chi connectivity index (χ0) is 18.2. The lowest BCUT2D eigenvalue weighted by Crippen LogP contribution is -2.56. The van der Waals surface area contributed by atoms with Crippen molar-refractivity contribution in [2.24, 2.45) is 11.8 Å². The fourth-order valence-corrected chi connectivity index (χ4v) is 5.43. The highest BCUT2D eigenvalue weighted by atomic mass is 32.1. The average molecular weight is 367 g/mol. The maximum Gasteiger partial charge on any atom is 0.0342 e. The molecule has 1 unspecified atom stereocenters. The van der Waals surface area contributed by atoms with Gasteiger partial charge in [0.1, 0.15) is 0 Å². The van der Waals surface area contributed by atoms with Gasteiger partial charge in [0.15, 0.2) is 0 Å². The van der Waals surface area contributed by atoms with Crippen molar-refractivity contribution in [3.05, 3.63) is 72.4 Å². The topological polar surface area (TPSA) is 3.24 Å². The van der Waals surface area contributed by atoms with Gasteiger partial charge in [-0.3, -0.25) is 0 Å². The largest absolute Gasteiger partial charge is 0.701 e. The molecule has 0 aromatic rings. The standard InChI is InChI=1S/C24H32NS/c1-25(26)24(22-17-11-5-6-12-18-22,23-19-13-7-8-14-20-23)21-15-9-3-2-4-10-16-21/h5-8,11-14,17-19,21-22H,2-4,9-10,15-16,20H2,1H3/q-1. The van der Waals surface area contributed by atoms with Gasteiger partial charge in [0, 0.05) is 11.5 Å². The third-order valence-corrected chi connectivity index (χ3v) is 6.54. The van der Waals surface area contributed by atoms with E-state index in [1.165, 1.54) is 50.5 Å². The van der Waals surface area contributed by atoms with Crippen molar-refractivity contribution in [1.29, 1.82) is 0 Å². The third-order valence-electron chi connectivity index (χ3n) is 6.23. The van der Waals surface area contributed by atoms with Gasteiger partial charge < -0.3 is 17.1 Å². The third kappa shape index (κ3) is 4.18. The minimum absolute atomic E-state index is 0.134. The van der Waals surface area contributed by atoms with Crippen LogP contribution in [-0.4, -0.2) is 16.9 Å². The normalized spacial score (nSPS) is 24.7. The molecule has 1 nitrogen and oxygen atoms in total. The first-order valence-corrected chi connectivity index (χ1v) is 10.6. The number of rotatable bonds is 4. The summed E-state index contributed by atoms with van der Waals surface area (Å²) in [7, 11) is 2.12. The first kappa shape index (κ1) is 19.5. The maximum atomic E-state index is 5.98. The minimum atomic E-state index is -0.134. The van der Waals surface area contributed by atoms with Crippen LogP contribution in [0.3, 0.4) is 0 Å². The quantitative estimate of drug-likeness (QED) is 0.543. The maximum absolute atomic E-state index is 5.98. The van der Waals surface area contributed by atoms with Gasteiger partial charge in [0.05, 0.1) is 0 Å². The number of likely N-dealkylation sites (N-methyl/N-ethyl adjacent to an activating group) is 1. The van der Waals surface area contributed by atoms with Crippen molar-refractivity contribution in [3.63, 3.8) is 0 Å². The highest BCUT2D eigenvalue weighted by Gasteiger charge is 2.44. The molecule has 1 saturated carbocycles. The fourth-order valence-electron chi connectivity index (χ4n) is 5.04. The molecule has 0 amide bonds. The van der Waals surface area contributed by atoms with Gasteiger partial charge in [0.2, 0.25) is 0 Å². The molecule has 1 atom stereocenters. The summed E-state index contributed by atoms with van der Waals surface area (Å²) in [6.07, 6.45) is 34.8. The Bertz CT molecular complexity index is 611. The van der Waals surface area contributed by atoms with Crippen molar-refractivity contribution < 1.29 is 0 Å². The van der Waals surface area contributed by atoms with Crippen LogP contribution in [0.2, 0.25) is 0 Å². The second kappa shape index (κ2) is 9.62. The van der Waals surface area contributed by atoms with Crippen LogP contribution in [0.25, 0.3) is 0 Å². The Hall–Kier alpha value is -1.25. The molecule has 1 fully saturated rings. The van der Waals surface area contributed by atoms with E-state index in [0.717, 1.165) is 6.42 Å². The molecule has 0 bridgehead atoms. The van der Waals surface area contributed by atoms with Crippen LogP contribution < -0.4 is 0 Å². The van der Waals surface area contributed by atoms with Crippen molar-refractivity contribution in [2.45, 2.75) is 56.9 Å². The number of hydrogen-bond acceptors (Lipinski definition) is 2. The molecule has 0 N–H and O–H groups in total. The van der Waals surface area contributed by atoms with Gasteiger partial charge in [-0.2, -0.15) is 0 Å². The molecule has 3 aliphatic rings. The van der Waals surface area contributed by atoms with E-state index in [0.29, 0.717) is 11.8 Å². The summed E-state index contributed by atoms with van der Waals surface area (Å²) in [5, 5.41) is 0. The van der Waals surface area contributed by atoms with E-state index >= 15 is 0 Å². The average Bonchev–Trinajstić information content (AvgIpc) is 3.02. The summed E-state index contributed by atoms with van der Waals surface area (Å²) in [6.45, 7) is 0. The van der Waals surface area contributed by atoms with Gasteiger partial charge in [0.25, 0.3) is 0 Å². The van der Waals surface area contributed by atoms with Crippen LogP contribution in [0.5, 0.6) is 0 Å². The Morgan fingerprint density at radius 3 is 2.12 bits per heavy atom. The van der Waals surface area contributed by atoms with Gasteiger partial charge in [-0.15, -0.1) is 0 Å². The van der Waals surface area contributed by atoms with Crippen molar-refractivity contribution >= 4 is 12.8 Å². The van der Waals surface area contributed by atoms with Crippen LogP contribution in [0, 0.1) is 11.8 Å². The highest BCUT2D eigenvalue weighted by Crippen LogP contribution is 2.47. The number of hydrogen-bond donors (Lipinski definition) is 0. The van der Waals surface area contributed by atoms with Gasteiger partial charge in [-0.1, -0.05) is 98.9 Å². The summed E-state index contributed by atoms with van der Waals surface area (Å²) in [5.74, 6) is 0.893. The van der Waals surface area contributed by atoms with E-state index in [1.807, 2.05) is 0 Å². The number of allylic oxidation sites excluding steroid dienone is 9. The Labute approximate surface area is 165 Å². The zero-order valence-electron chi connectivity index (χ0n) is 16.0. The summed E-state index contributed by atoms with van der Waals surface area (Å²) in [5.41, 5.74) is 1.33. The predicted molar refractivity (Wildman–Crippen MR) is 116 cm³/mol. The molecule has 140 valence electrons. The summed E-state index contributed by atoms with van der Waals surface area (Å²) in [6, 6.07) is 0. The number of nitrogens with zero attached hydrogens (tertiary/aromatic N) is 1. The lowest BCUT2D eigenvalue weighted by atomic mass is 9.64. The van der Waals surface area contributed by atoms with E-state index in [-0.39, 0.29) is 5.54 Å². The molecule has 0 aromatic heterocycles. The second-order valence-electron chi connectivity index (χ2n) is 7.75. The Morgan fingerprint density at radius 2 is 1.46 bits per heavy atom. The van der Waals surface area contributed by atoms with Gasteiger partial charge >= 0.3 is 0 Å².